The third-order valence-corrected chi connectivity index (χ3v) is 2.85. The summed E-state index contributed by atoms with van der Waals surface area (Å²) >= 11 is 5.75. The van der Waals surface area contributed by atoms with Gasteiger partial charge in [-0.2, -0.15) is 0 Å². The Morgan fingerprint density at radius 3 is 2.86 bits per heavy atom. The Morgan fingerprint density at radius 1 is 1.33 bits per heavy atom. The molecule has 0 aliphatic carbocycles. The lowest BCUT2D eigenvalue weighted by atomic mass is 10.2. The van der Waals surface area contributed by atoms with Crippen LogP contribution in [0.15, 0.2) is 41.0 Å². The first-order chi connectivity index (χ1) is 10.1. The largest absolute Gasteiger partial charge is 0.467 e. The highest BCUT2D eigenvalue weighted by Crippen LogP contribution is 2.17. The second kappa shape index (κ2) is 6.90. The van der Waals surface area contributed by atoms with Gasteiger partial charge in [0.25, 0.3) is 5.91 Å². The van der Waals surface area contributed by atoms with Crippen molar-refractivity contribution >= 4 is 23.5 Å². The van der Waals surface area contributed by atoms with Crippen molar-refractivity contribution in [2.24, 2.45) is 0 Å². The Hall–Kier alpha value is -2.34. The molecule has 0 bridgehead atoms. The molecule has 0 atom stereocenters. The summed E-state index contributed by atoms with van der Waals surface area (Å²) in [6, 6.07) is 6.69. The van der Waals surface area contributed by atoms with Crippen LogP contribution in [-0.4, -0.2) is 18.5 Å². The number of amides is 1. The van der Waals surface area contributed by atoms with Crippen LogP contribution < -0.4 is 5.32 Å². The molecule has 0 saturated heterocycles. The molecule has 2 rings (SSSR count). The van der Waals surface area contributed by atoms with Crippen LogP contribution in [0.1, 0.15) is 16.1 Å². The molecule has 5 nitrogen and oxygen atoms in total. The Bertz CT molecular complexity index is 642. The van der Waals surface area contributed by atoms with E-state index in [-0.39, 0.29) is 17.1 Å². The van der Waals surface area contributed by atoms with Crippen molar-refractivity contribution in [3.63, 3.8) is 0 Å². The highest BCUT2D eigenvalue weighted by Gasteiger charge is 2.14. The minimum atomic E-state index is -0.868. The second-order valence-corrected chi connectivity index (χ2v) is 4.46. The molecule has 1 aromatic heterocycles. The maximum absolute atomic E-state index is 13.0. The summed E-state index contributed by atoms with van der Waals surface area (Å²) in [7, 11) is 0. The van der Waals surface area contributed by atoms with Crippen molar-refractivity contribution in [3.8, 4) is 0 Å². The lowest BCUT2D eigenvalue weighted by Crippen LogP contribution is -2.28. The maximum Gasteiger partial charge on any atom is 0.340 e. The van der Waals surface area contributed by atoms with E-state index in [2.05, 4.69) is 5.32 Å². The number of esters is 1. The molecule has 1 N–H and O–H groups in total. The zero-order valence-corrected chi connectivity index (χ0v) is 11.5. The molecule has 21 heavy (non-hydrogen) atoms. The molecule has 1 heterocycles. The summed E-state index contributed by atoms with van der Waals surface area (Å²) in [4.78, 5) is 23.2. The van der Waals surface area contributed by atoms with Crippen LogP contribution in [0.25, 0.3) is 0 Å². The second-order valence-electron chi connectivity index (χ2n) is 4.06. The van der Waals surface area contributed by atoms with Crippen molar-refractivity contribution in [2.45, 2.75) is 6.54 Å². The summed E-state index contributed by atoms with van der Waals surface area (Å²) < 4.78 is 22.8. The topological polar surface area (TPSA) is 68.5 Å². The van der Waals surface area contributed by atoms with Gasteiger partial charge in [-0.05, 0) is 30.3 Å². The minimum Gasteiger partial charge on any atom is -0.467 e. The maximum atomic E-state index is 13.0. The summed E-state index contributed by atoms with van der Waals surface area (Å²) in [5.41, 5.74) is -0.129. The number of ether oxygens (including phenoxy) is 1. The van der Waals surface area contributed by atoms with Gasteiger partial charge >= 0.3 is 5.97 Å². The van der Waals surface area contributed by atoms with E-state index in [0.717, 1.165) is 12.1 Å². The van der Waals surface area contributed by atoms with E-state index in [1.165, 1.54) is 12.3 Å². The number of hydrogen-bond acceptors (Lipinski definition) is 4. The van der Waals surface area contributed by atoms with Gasteiger partial charge in [-0.3, -0.25) is 4.79 Å². The quantitative estimate of drug-likeness (QED) is 0.862. The Labute approximate surface area is 124 Å². The standard InChI is InChI=1S/C14H11ClFNO4/c15-12-4-3-9(16)6-11(12)14(19)21-8-13(18)17-7-10-2-1-5-20-10/h1-6H,7-8H2,(H,17,18). The number of furan rings is 1. The fourth-order valence-corrected chi connectivity index (χ4v) is 1.71. The Morgan fingerprint density at radius 2 is 2.14 bits per heavy atom. The summed E-state index contributed by atoms with van der Waals surface area (Å²) in [5.74, 6) is -1.42. The van der Waals surface area contributed by atoms with Gasteiger partial charge < -0.3 is 14.5 Å². The van der Waals surface area contributed by atoms with E-state index in [1.807, 2.05) is 0 Å². The molecule has 0 fully saturated rings. The van der Waals surface area contributed by atoms with E-state index in [9.17, 15) is 14.0 Å². The van der Waals surface area contributed by atoms with Crippen LogP contribution in [-0.2, 0) is 16.1 Å². The molecule has 0 spiro atoms. The van der Waals surface area contributed by atoms with E-state index < -0.39 is 24.3 Å². The molecule has 0 radical (unpaired) electrons. The molecule has 2 aromatic rings. The van der Waals surface area contributed by atoms with Gasteiger partial charge in [-0.25, -0.2) is 9.18 Å². The molecular formula is C14H11ClFNO4. The van der Waals surface area contributed by atoms with Gasteiger partial charge in [-0.1, -0.05) is 11.6 Å². The zero-order valence-electron chi connectivity index (χ0n) is 10.8. The van der Waals surface area contributed by atoms with Crippen molar-refractivity contribution in [1.82, 2.24) is 5.32 Å². The first-order valence-electron chi connectivity index (χ1n) is 5.97. The third kappa shape index (κ3) is 4.32. The molecule has 0 saturated carbocycles. The molecule has 0 aliphatic rings. The average Bonchev–Trinajstić information content (AvgIpc) is 2.98. The van der Waals surface area contributed by atoms with Gasteiger partial charge in [-0.15, -0.1) is 0 Å². The predicted octanol–water partition coefficient (Wildman–Crippen LogP) is 2.55. The first kappa shape index (κ1) is 15.1. The first-order valence-corrected chi connectivity index (χ1v) is 6.35. The van der Waals surface area contributed by atoms with Crippen molar-refractivity contribution < 1.29 is 23.1 Å². The number of carbonyl (C=O) groups is 2. The van der Waals surface area contributed by atoms with Crippen LogP contribution in [0.2, 0.25) is 5.02 Å². The number of rotatable bonds is 5. The number of carbonyl (C=O) groups excluding carboxylic acids is 2. The van der Waals surface area contributed by atoms with E-state index in [4.69, 9.17) is 20.8 Å². The van der Waals surface area contributed by atoms with Crippen molar-refractivity contribution in [2.75, 3.05) is 6.61 Å². The summed E-state index contributed by atoms with van der Waals surface area (Å²) in [6.45, 7) is -0.309. The lowest BCUT2D eigenvalue weighted by Gasteiger charge is -2.06. The van der Waals surface area contributed by atoms with Crippen LogP contribution >= 0.6 is 11.6 Å². The fourth-order valence-electron chi connectivity index (χ4n) is 1.51. The van der Waals surface area contributed by atoms with E-state index in [1.54, 1.807) is 12.1 Å². The molecule has 0 aliphatic heterocycles. The summed E-state index contributed by atoms with van der Waals surface area (Å²) in [5, 5.41) is 2.55. The number of hydrogen-bond donors (Lipinski definition) is 1. The molecular weight excluding hydrogens is 301 g/mol. The van der Waals surface area contributed by atoms with Gasteiger partial charge in [0.2, 0.25) is 0 Å². The number of benzene rings is 1. The zero-order chi connectivity index (χ0) is 15.2. The van der Waals surface area contributed by atoms with Crippen LogP contribution in [0.4, 0.5) is 4.39 Å². The highest BCUT2D eigenvalue weighted by atomic mass is 35.5. The SMILES string of the molecule is O=C(COC(=O)c1cc(F)ccc1Cl)NCc1ccco1. The molecule has 110 valence electrons. The predicted molar refractivity (Wildman–Crippen MR) is 72.2 cm³/mol. The highest BCUT2D eigenvalue weighted by molar-refractivity contribution is 6.33. The molecule has 1 amide bonds. The Kier molecular flexibility index (Phi) is 4.94. The number of halogens is 2. The van der Waals surface area contributed by atoms with Crippen LogP contribution in [0.3, 0.4) is 0 Å². The minimum absolute atomic E-state index is 0.0531. The Balaban J connectivity index is 1.83. The summed E-state index contributed by atoms with van der Waals surface area (Å²) in [6.07, 6.45) is 1.48. The monoisotopic (exact) mass is 311 g/mol. The van der Waals surface area contributed by atoms with Crippen LogP contribution in [0.5, 0.6) is 0 Å². The van der Waals surface area contributed by atoms with Gasteiger partial charge in [0.1, 0.15) is 11.6 Å². The van der Waals surface area contributed by atoms with Gasteiger partial charge in [0.05, 0.1) is 23.4 Å². The third-order valence-electron chi connectivity index (χ3n) is 2.52. The molecule has 0 unspecified atom stereocenters. The molecule has 1 aromatic carbocycles. The fraction of sp³-hybridized carbons (Fsp3) is 0.143. The normalized spacial score (nSPS) is 10.2. The van der Waals surface area contributed by atoms with Crippen LogP contribution in [0, 0.1) is 5.82 Å². The van der Waals surface area contributed by atoms with Crippen molar-refractivity contribution in [1.29, 1.82) is 0 Å². The number of nitrogens with one attached hydrogen (secondary N) is 1. The smallest absolute Gasteiger partial charge is 0.340 e. The van der Waals surface area contributed by atoms with Gasteiger partial charge in [0.15, 0.2) is 6.61 Å². The van der Waals surface area contributed by atoms with Crippen molar-refractivity contribution in [3.05, 3.63) is 58.8 Å². The lowest BCUT2D eigenvalue weighted by molar-refractivity contribution is -0.124. The molecule has 7 heteroatoms. The average molecular weight is 312 g/mol. The van der Waals surface area contributed by atoms with E-state index in [0.29, 0.717) is 5.76 Å². The van der Waals surface area contributed by atoms with Gasteiger partial charge in [0, 0.05) is 0 Å². The van der Waals surface area contributed by atoms with E-state index >= 15 is 0 Å².